The smallest absolute Gasteiger partial charge is 0.312 e. The van der Waals surface area contributed by atoms with Crippen LogP contribution in [0.2, 0.25) is 0 Å². The minimum Gasteiger partial charge on any atom is -0.329 e. The van der Waals surface area contributed by atoms with Crippen LogP contribution in [0.5, 0.6) is 0 Å². The van der Waals surface area contributed by atoms with Crippen LogP contribution in [0.25, 0.3) is 0 Å². The Balaban J connectivity index is 2.05. The number of pyridine rings is 1. The SMILES string of the molecule is CN(c1ccccc1)c1ccc([N+](=O)[O-])c(N(C)c2ccccc2)n1. The largest absolute Gasteiger partial charge is 0.329 e. The van der Waals surface area contributed by atoms with Crippen LogP contribution in [0.1, 0.15) is 0 Å². The van der Waals surface area contributed by atoms with Gasteiger partial charge in [0.1, 0.15) is 5.82 Å². The first-order valence-corrected chi connectivity index (χ1v) is 7.81. The molecule has 3 rings (SSSR count). The van der Waals surface area contributed by atoms with E-state index in [1.165, 1.54) is 6.07 Å². The summed E-state index contributed by atoms with van der Waals surface area (Å²) in [6.45, 7) is 0. The summed E-state index contributed by atoms with van der Waals surface area (Å²) in [5.41, 5.74) is 1.76. The average Bonchev–Trinajstić information content (AvgIpc) is 2.67. The van der Waals surface area contributed by atoms with Gasteiger partial charge in [-0.3, -0.25) is 10.1 Å². The number of benzene rings is 2. The maximum atomic E-state index is 11.4. The molecule has 1 heterocycles. The normalized spacial score (nSPS) is 10.3. The number of aromatic nitrogens is 1. The predicted molar refractivity (Wildman–Crippen MR) is 99.9 cm³/mol. The minimum absolute atomic E-state index is 0.0310. The minimum atomic E-state index is -0.409. The Hall–Kier alpha value is -3.41. The second-order valence-electron chi connectivity index (χ2n) is 5.56. The zero-order valence-corrected chi connectivity index (χ0v) is 14.0. The number of anilines is 4. The Bertz CT molecular complexity index is 869. The molecule has 0 amide bonds. The van der Waals surface area contributed by atoms with Gasteiger partial charge in [0.2, 0.25) is 5.82 Å². The highest BCUT2D eigenvalue weighted by Gasteiger charge is 2.22. The monoisotopic (exact) mass is 334 g/mol. The van der Waals surface area contributed by atoms with Gasteiger partial charge in [0, 0.05) is 31.5 Å². The first kappa shape index (κ1) is 16.4. The molecule has 126 valence electrons. The lowest BCUT2D eigenvalue weighted by Gasteiger charge is -2.22. The van der Waals surface area contributed by atoms with Gasteiger partial charge in [-0.2, -0.15) is 0 Å². The Morgan fingerprint density at radius 1 is 0.800 bits per heavy atom. The molecule has 0 bridgehead atoms. The van der Waals surface area contributed by atoms with Gasteiger partial charge in [-0.1, -0.05) is 36.4 Å². The summed E-state index contributed by atoms with van der Waals surface area (Å²) >= 11 is 0. The second kappa shape index (κ2) is 7.00. The molecule has 0 fully saturated rings. The topological polar surface area (TPSA) is 62.5 Å². The number of rotatable bonds is 5. The Kier molecular flexibility index (Phi) is 4.61. The van der Waals surface area contributed by atoms with Crippen molar-refractivity contribution in [2.24, 2.45) is 0 Å². The van der Waals surface area contributed by atoms with Crippen molar-refractivity contribution in [3.63, 3.8) is 0 Å². The van der Waals surface area contributed by atoms with Crippen molar-refractivity contribution in [3.05, 3.63) is 82.9 Å². The van der Waals surface area contributed by atoms with Crippen LogP contribution < -0.4 is 9.80 Å². The highest BCUT2D eigenvalue weighted by molar-refractivity contribution is 5.71. The third-order valence-electron chi connectivity index (χ3n) is 3.98. The van der Waals surface area contributed by atoms with Crippen LogP contribution in [-0.4, -0.2) is 24.0 Å². The third-order valence-corrected chi connectivity index (χ3v) is 3.98. The van der Waals surface area contributed by atoms with Crippen LogP contribution >= 0.6 is 0 Å². The zero-order chi connectivity index (χ0) is 17.8. The van der Waals surface area contributed by atoms with Crippen LogP contribution in [0, 0.1) is 10.1 Å². The summed E-state index contributed by atoms with van der Waals surface area (Å²) in [7, 11) is 3.66. The second-order valence-corrected chi connectivity index (χ2v) is 5.56. The van der Waals surface area contributed by atoms with E-state index in [2.05, 4.69) is 4.98 Å². The van der Waals surface area contributed by atoms with E-state index >= 15 is 0 Å². The lowest BCUT2D eigenvalue weighted by atomic mass is 10.2. The quantitative estimate of drug-likeness (QED) is 0.507. The molecule has 1 aromatic heterocycles. The number of hydrogen-bond donors (Lipinski definition) is 0. The fourth-order valence-corrected chi connectivity index (χ4v) is 2.56. The van der Waals surface area contributed by atoms with Gasteiger partial charge in [0.05, 0.1) is 4.92 Å². The molecule has 0 spiro atoms. The average molecular weight is 334 g/mol. The first-order chi connectivity index (χ1) is 12.1. The van der Waals surface area contributed by atoms with E-state index in [1.54, 1.807) is 18.0 Å². The molecule has 0 aliphatic heterocycles. The Labute approximate surface area is 146 Å². The van der Waals surface area contributed by atoms with Gasteiger partial charge in [0.15, 0.2) is 0 Å². The number of hydrogen-bond acceptors (Lipinski definition) is 5. The van der Waals surface area contributed by atoms with E-state index in [9.17, 15) is 10.1 Å². The molecule has 0 radical (unpaired) electrons. The van der Waals surface area contributed by atoms with Crippen LogP contribution in [0.15, 0.2) is 72.8 Å². The summed E-state index contributed by atoms with van der Waals surface area (Å²) in [6, 6.07) is 22.3. The van der Waals surface area contributed by atoms with Crippen molar-refractivity contribution in [1.29, 1.82) is 0 Å². The van der Waals surface area contributed by atoms with E-state index in [0.29, 0.717) is 11.6 Å². The molecule has 0 aliphatic rings. The molecule has 25 heavy (non-hydrogen) atoms. The van der Waals surface area contributed by atoms with Gasteiger partial charge in [0.25, 0.3) is 0 Å². The molecule has 0 atom stereocenters. The molecule has 0 saturated carbocycles. The van der Waals surface area contributed by atoms with E-state index in [1.807, 2.05) is 72.6 Å². The molecule has 6 nitrogen and oxygen atoms in total. The molecule has 0 N–H and O–H groups in total. The van der Waals surface area contributed by atoms with E-state index < -0.39 is 4.92 Å². The summed E-state index contributed by atoms with van der Waals surface area (Å²) in [5.74, 6) is 0.936. The first-order valence-electron chi connectivity index (χ1n) is 7.81. The fourth-order valence-electron chi connectivity index (χ4n) is 2.56. The fraction of sp³-hybridized carbons (Fsp3) is 0.105. The molecule has 6 heteroatoms. The third kappa shape index (κ3) is 3.42. The molecular weight excluding hydrogens is 316 g/mol. The number of nitrogens with zero attached hydrogens (tertiary/aromatic N) is 4. The lowest BCUT2D eigenvalue weighted by Crippen LogP contribution is -2.17. The van der Waals surface area contributed by atoms with Crippen molar-refractivity contribution in [3.8, 4) is 0 Å². The summed E-state index contributed by atoms with van der Waals surface area (Å²) < 4.78 is 0. The van der Waals surface area contributed by atoms with E-state index in [4.69, 9.17) is 0 Å². The van der Waals surface area contributed by atoms with Gasteiger partial charge < -0.3 is 9.80 Å². The summed E-state index contributed by atoms with van der Waals surface area (Å²) in [6.07, 6.45) is 0. The molecule has 2 aromatic carbocycles. The Morgan fingerprint density at radius 3 is 1.84 bits per heavy atom. The van der Waals surface area contributed by atoms with Crippen LogP contribution in [-0.2, 0) is 0 Å². The zero-order valence-electron chi connectivity index (χ0n) is 14.0. The molecular formula is C19H18N4O2. The van der Waals surface area contributed by atoms with Crippen molar-refractivity contribution in [2.75, 3.05) is 23.9 Å². The van der Waals surface area contributed by atoms with Gasteiger partial charge in [-0.25, -0.2) is 4.98 Å². The maximum Gasteiger partial charge on any atom is 0.312 e. The lowest BCUT2D eigenvalue weighted by molar-refractivity contribution is -0.384. The highest BCUT2D eigenvalue weighted by Crippen LogP contribution is 2.33. The van der Waals surface area contributed by atoms with Gasteiger partial charge in [-0.15, -0.1) is 0 Å². The van der Waals surface area contributed by atoms with E-state index in [0.717, 1.165) is 11.4 Å². The standard InChI is InChI=1S/C19H18N4O2/c1-21(15-9-5-3-6-10-15)18-14-13-17(23(24)25)19(20-18)22(2)16-11-7-4-8-12-16/h3-14H,1-2H3. The molecule has 0 aliphatic carbocycles. The molecule has 3 aromatic rings. The van der Waals surface area contributed by atoms with Crippen molar-refractivity contribution in [2.45, 2.75) is 0 Å². The Morgan fingerprint density at radius 2 is 1.32 bits per heavy atom. The maximum absolute atomic E-state index is 11.4. The van der Waals surface area contributed by atoms with Gasteiger partial charge >= 0.3 is 5.69 Å². The van der Waals surface area contributed by atoms with Crippen LogP contribution in [0.3, 0.4) is 0 Å². The predicted octanol–water partition coefficient (Wildman–Crippen LogP) is 4.53. The summed E-state index contributed by atoms with van der Waals surface area (Å²) in [4.78, 5) is 19.2. The van der Waals surface area contributed by atoms with Gasteiger partial charge in [-0.05, 0) is 30.3 Å². The molecule has 0 unspecified atom stereocenters. The molecule has 0 saturated heterocycles. The van der Waals surface area contributed by atoms with E-state index in [-0.39, 0.29) is 5.69 Å². The van der Waals surface area contributed by atoms with Crippen molar-refractivity contribution in [1.82, 2.24) is 4.98 Å². The highest BCUT2D eigenvalue weighted by atomic mass is 16.6. The number of nitro groups is 1. The number of para-hydroxylation sites is 2. The van der Waals surface area contributed by atoms with Crippen LogP contribution in [0.4, 0.5) is 28.7 Å². The van der Waals surface area contributed by atoms with Crippen molar-refractivity contribution < 1.29 is 4.92 Å². The summed E-state index contributed by atoms with van der Waals surface area (Å²) in [5, 5.41) is 11.4. The van der Waals surface area contributed by atoms with Crippen molar-refractivity contribution >= 4 is 28.7 Å².